The molecule has 5 heteroatoms. The quantitative estimate of drug-likeness (QED) is 0.777. The summed E-state index contributed by atoms with van der Waals surface area (Å²) in [6, 6.07) is 7.84. The van der Waals surface area contributed by atoms with Crippen molar-refractivity contribution in [2.24, 2.45) is 0 Å². The van der Waals surface area contributed by atoms with Crippen LogP contribution < -0.4 is 9.64 Å². The van der Waals surface area contributed by atoms with Crippen LogP contribution >= 0.6 is 11.6 Å². The zero-order valence-electron chi connectivity index (χ0n) is 12.9. The number of halogens is 1. The summed E-state index contributed by atoms with van der Waals surface area (Å²) in [6.07, 6.45) is 1.81. The standard InChI is InChI=1S/C16H20ClN3O/c1-5-6-14-18-15(17)11(2)16(19-14)20(3)12-7-9-13(21-4)10-8-12/h7-10H,5-6H2,1-4H3. The lowest BCUT2D eigenvalue weighted by Gasteiger charge is -2.21. The minimum absolute atomic E-state index is 0.517. The smallest absolute Gasteiger partial charge is 0.140 e. The molecule has 21 heavy (non-hydrogen) atoms. The Morgan fingerprint density at radius 3 is 2.43 bits per heavy atom. The van der Waals surface area contributed by atoms with E-state index in [0.29, 0.717) is 5.15 Å². The number of ether oxygens (including phenoxy) is 1. The van der Waals surface area contributed by atoms with Gasteiger partial charge in [-0.2, -0.15) is 0 Å². The molecule has 0 fully saturated rings. The highest BCUT2D eigenvalue weighted by molar-refractivity contribution is 6.30. The summed E-state index contributed by atoms with van der Waals surface area (Å²) in [7, 11) is 3.63. The minimum atomic E-state index is 0.517. The normalized spacial score (nSPS) is 10.5. The number of aromatic nitrogens is 2. The molecule has 0 spiro atoms. The molecule has 112 valence electrons. The van der Waals surface area contributed by atoms with Gasteiger partial charge in [0.05, 0.1) is 7.11 Å². The van der Waals surface area contributed by atoms with Gasteiger partial charge in [-0.1, -0.05) is 18.5 Å². The maximum atomic E-state index is 6.24. The molecule has 0 saturated heterocycles. The van der Waals surface area contributed by atoms with E-state index in [4.69, 9.17) is 16.3 Å². The van der Waals surface area contributed by atoms with Gasteiger partial charge >= 0.3 is 0 Å². The molecule has 1 aromatic heterocycles. The average molecular weight is 306 g/mol. The highest BCUT2D eigenvalue weighted by Crippen LogP contribution is 2.29. The van der Waals surface area contributed by atoms with Crippen LogP contribution in [-0.2, 0) is 6.42 Å². The zero-order chi connectivity index (χ0) is 15.4. The molecule has 1 aromatic carbocycles. The van der Waals surface area contributed by atoms with Gasteiger partial charge in [0.2, 0.25) is 0 Å². The fourth-order valence-corrected chi connectivity index (χ4v) is 2.29. The summed E-state index contributed by atoms with van der Waals surface area (Å²) in [5.41, 5.74) is 1.91. The Bertz CT molecular complexity index is 614. The molecular formula is C16H20ClN3O. The fourth-order valence-electron chi connectivity index (χ4n) is 2.11. The van der Waals surface area contributed by atoms with Crippen molar-refractivity contribution >= 4 is 23.1 Å². The third-order valence-corrected chi connectivity index (χ3v) is 3.73. The molecular weight excluding hydrogens is 286 g/mol. The van der Waals surface area contributed by atoms with E-state index in [2.05, 4.69) is 16.9 Å². The summed E-state index contributed by atoms with van der Waals surface area (Å²) in [5.74, 6) is 2.45. The highest BCUT2D eigenvalue weighted by Gasteiger charge is 2.14. The number of rotatable bonds is 5. The van der Waals surface area contributed by atoms with Gasteiger partial charge < -0.3 is 9.64 Å². The molecule has 0 atom stereocenters. The van der Waals surface area contributed by atoms with Crippen LogP contribution in [0.5, 0.6) is 5.75 Å². The first kappa shape index (κ1) is 15.6. The van der Waals surface area contributed by atoms with Crippen molar-refractivity contribution in [1.29, 1.82) is 0 Å². The van der Waals surface area contributed by atoms with Crippen molar-refractivity contribution in [1.82, 2.24) is 9.97 Å². The predicted molar refractivity (Wildman–Crippen MR) is 86.8 cm³/mol. The average Bonchev–Trinajstić information content (AvgIpc) is 2.50. The third kappa shape index (κ3) is 3.45. The molecule has 0 unspecified atom stereocenters. The monoisotopic (exact) mass is 305 g/mol. The van der Waals surface area contributed by atoms with Crippen LogP contribution in [0.4, 0.5) is 11.5 Å². The molecule has 4 nitrogen and oxygen atoms in total. The number of hydrogen-bond donors (Lipinski definition) is 0. The first-order valence-corrected chi connectivity index (χ1v) is 7.35. The highest BCUT2D eigenvalue weighted by atomic mass is 35.5. The Labute approximate surface area is 130 Å². The molecule has 2 aromatic rings. The third-order valence-electron chi connectivity index (χ3n) is 3.36. The molecule has 0 bridgehead atoms. The Morgan fingerprint density at radius 1 is 1.19 bits per heavy atom. The second kappa shape index (κ2) is 6.76. The molecule has 0 aliphatic heterocycles. The molecule has 0 N–H and O–H groups in total. The number of nitrogens with zero attached hydrogens (tertiary/aromatic N) is 3. The maximum Gasteiger partial charge on any atom is 0.140 e. The summed E-state index contributed by atoms with van der Waals surface area (Å²) < 4.78 is 5.18. The molecule has 0 saturated carbocycles. The molecule has 2 rings (SSSR count). The second-order valence-corrected chi connectivity index (χ2v) is 5.24. The largest absolute Gasteiger partial charge is 0.497 e. The van der Waals surface area contributed by atoms with E-state index < -0.39 is 0 Å². The fraction of sp³-hybridized carbons (Fsp3) is 0.375. The van der Waals surface area contributed by atoms with Gasteiger partial charge in [0, 0.05) is 24.7 Å². The van der Waals surface area contributed by atoms with Crippen LogP contribution in [0.25, 0.3) is 0 Å². The van der Waals surface area contributed by atoms with E-state index in [0.717, 1.165) is 41.5 Å². The number of benzene rings is 1. The van der Waals surface area contributed by atoms with Gasteiger partial charge in [0.1, 0.15) is 22.5 Å². The van der Waals surface area contributed by atoms with Crippen molar-refractivity contribution in [2.75, 3.05) is 19.1 Å². The minimum Gasteiger partial charge on any atom is -0.497 e. The van der Waals surface area contributed by atoms with Crippen LogP contribution in [0.3, 0.4) is 0 Å². The van der Waals surface area contributed by atoms with Crippen molar-refractivity contribution in [2.45, 2.75) is 26.7 Å². The lowest BCUT2D eigenvalue weighted by atomic mass is 10.2. The number of aryl methyl sites for hydroxylation is 1. The Morgan fingerprint density at radius 2 is 1.86 bits per heavy atom. The lowest BCUT2D eigenvalue weighted by molar-refractivity contribution is 0.415. The van der Waals surface area contributed by atoms with E-state index in [1.807, 2.05) is 43.1 Å². The second-order valence-electron chi connectivity index (χ2n) is 4.89. The Balaban J connectivity index is 2.38. The Kier molecular flexibility index (Phi) is 5.02. The van der Waals surface area contributed by atoms with Gasteiger partial charge in [-0.15, -0.1) is 0 Å². The van der Waals surface area contributed by atoms with Gasteiger partial charge in [-0.3, -0.25) is 0 Å². The molecule has 0 amide bonds. The van der Waals surface area contributed by atoms with Crippen molar-refractivity contribution in [3.05, 3.63) is 40.8 Å². The van der Waals surface area contributed by atoms with Gasteiger partial charge in [-0.05, 0) is 37.6 Å². The van der Waals surface area contributed by atoms with Crippen LogP contribution in [0.15, 0.2) is 24.3 Å². The number of methoxy groups -OCH3 is 1. The summed E-state index contributed by atoms with van der Waals surface area (Å²) >= 11 is 6.24. The molecule has 0 aliphatic carbocycles. The first-order valence-electron chi connectivity index (χ1n) is 6.97. The van der Waals surface area contributed by atoms with Crippen molar-refractivity contribution in [3.8, 4) is 5.75 Å². The van der Waals surface area contributed by atoms with Crippen molar-refractivity contribution < 1.29 is 4.74 Å². The maximum absolute atomic E-state index is 6.24. The van der Waals surface area contributed by atoms with Crippen LogP contribution in [-0.4, -0.2) is 24.1 Å². The van der Waals surface area contributed by atoms with Gasteiger partial charge in [-0.25, -0.2) is 9.97 Å². The summed E-state index contributed by atoms with van der Waals surface area (Å²) in [4.78, 5) is 11.0. The van der Waals surface area contributed by atoms with E-state index in [9.17, 15) is 0 Å². The van der Waals surface area contributed by atoms with Crippen molar-refractivity contribution in [3.63, 3.8) is 0 Å². The summed E-state index contributed by atoms with van der Waals surface area (Å²) in [6.45, 7) is 4.04. The van der Waals surface area contributed by atoms with E-state index >= 15 is 0 Å². The number of hydrogen-bond acceptors (Lipinski definition) is 4. The molecule has 0 radical (unpaired) electrons. The predicted octanol–water partition coefficient (Wildman–Crippen LogP) is 4.17. The molecule has 0 aliphatic rings. The van der Waals surface area contributed by atoms with Gasteiger partial charge in [0.25, 0.3) is 0 Å². The topological polar surface area (TPSA) is 38.2 Å². The SMILES string of the molecule is CCCc1nc(Cl)c(C)c(N(C)c2ccc(OC)cc2)n1. The Hall–Kier alpha value is -1.81. The van der Waals surface area contributed by atoms with E-state index in [-0.39, 0.29) is 0 Å². The first-order chi connectivity index (χ1) is 10.1. The lowest BCUT2D eigenvalue weighted by Crippen LogP contribution is -2.15. The van der Waals surface area contributed by atoms with Crippen LogP contribution in [0.1, 0.15) is 24.7 Å². The van der Waals surface area contributed by atoms with Crippen LogP contribution in [0, 0.1) is 6.92 Å². The van der Waals surface area contributed by atoms with Crippen LogP contribution in [0.2, 0.25) is 5.15 Å². The van der Waals surface area contributed by atoms with E-state index in [1.54, 1.807) is 7.11 Å². The number of anilines is 2. The van der Waals surface area contributed by atoms with E-state index in [1.165, 1.54) is 0 Å². The molecule has 1 heterocycles. The zero-order valence-corrected chi connectivity index (χ0v) is 13.6. The summed E-state index contributed by atoms with van der Waals surface area (Å²) in [5, 5.41) is 0.517. The van der Waals surface area contributed by atoms with Gasteiger partial charge in [0.15, 0.2) is 0 Å².